The zero-order chi connectivity index (χ0) is 13.4. The van der Waals surface area contributed by atoms with Crippen molar-refractivity contribution in [2.75, 3.05) is 6.61 Å². The first kappa shape index (κ1) is 14.3. The molecule has 100 valence electrons. The molecule has 0 radical (unpaired) electrons. The van der Waals surface area contributed by atoms with E-state index in [1.165, 1.54) is 12.5 Å². The predicted molar refractivity (Wildman–Crippen MR) is 65.7 cm³/mol. The van der Waals surface area contributed by atoms with E-state index in [1.807, 2.05) is 6.92 Å². The Morgan fingerprint density at radius 1 is 1.44 bits per heavy atom. The minimum Gasteiger partial charge on any atom is -0.472 e. The van der Waals surface area contributed by atoms with Gasteiger partial charge in [0, 0.05) is 12.0 Å². The van der Waals surface area contributed by atoms with Gasteiger partial charge in [-0.3, -0.25) is 9.59 Å². The summed E-state index contributed by atoms with van der Waals surface area (Å²) in [4.78, 5) is 23.1. The number of carbonyl (C=O) groups is 2. The maximum atomic E-state index is 11.6. The van der Waals surface area contributed by atoms with E-state index in [4.69, 9.17) is 9.15 Å². The van der Waals surface area contributed by atoms with E-state index in [9.17, 15) is 9.59 Å². The summed E-state index contributed by atoms with van der Waals surface area (Å²) in [6.07, 6.45) is 4.36. The van der Waals surface area contributed by atoms with Crippen molar-refractivity contribution in [1.29, 1.82) is 0 Å². The normalized spacial score (nSPS) is 11.9. The number of rotatable bonds is 7. The van der Waals surface area contributed by atoms with Crippen molar-refractivity contribution in [3.05, 3.63) is 24.2 Å². The van der Waals surface area contributed by atoms with Crippen molar-refractivity contribution in [3.8, 4) is 0 Å². The van der Waals surface area contributed by atoms with Crippen LogP contribution >= 0.6 is 0 Å². The van der Waals surface area contributed by atoms with Crippen molar-refractivity contribution in [2.45, 2.75) is 39.2 Å². The van der Waals surface area contributed by atoms with Gasteiger partial charge >= 0.3 is 5.97 Å². The maximum absolute atomic E-state index is 11.6. The molecular weight excluding hydrogens is 234 g/mol. The highest BCUT2D eigenvalue weighted by molar-refractivity contribution is 5.78. The Bertz CT molecular complexity index is 352. The fraction of sp³-hybridized carbons (Fsp3) is 0.538. The smallest absolute Gasteiger partial charge is 0.308 e. The van der Waals surface area contributed by atoms with E-state index in [-0.39, 0.29) is 24.3 Å². The first-order valence-electron chi connectivity index (χ1n) is 6.14. The van der Waals surface area contributed by atoms with Gasteiger partial charge in [-0.2, -0.15) is 0 Å². The Labute approximate surface area is 106 Å². The summed E-state index contributed by atoms with van der Waals surface area (Å²) >= 11 is 0. The molecule has 1 atom stereocenters. The molecule has 18 heavy (non-hydrogen) atoms. The molecule has 5 heteroatoms. The Kier molecular flexibility index (Phi) is 5.97. The van der Waals surface area contributed by atoms with Crippen LogP contribution in [-0.2, 0) is 14.3 Å². The highest BCUT2D eigenvalue weighted by atomic mass is 16.5. The average molecular weight is 253 g/mol. The van der Waals surface area contributed by atoms with Gasteiger partial charge in [0.1, 0.15) is 0 Å². The van der Waals surface area contributed by atoms with Crippen LogP contribution < -0.4 is 5.32 Å². The van der Waals surface area contributed by atoms with Gasteiger partial charge in [-0.25, -0.2) is 0 Å². The predicted octanol–water partition coefficient (Wildman–Crippen LogP) is 2.19. The second-order valence-electron chi connectivity index (χ2n) is 3.94. The molecule has 0 saturated carbocycles. The van der Waals surface area contributed by atoms with Crippen molar-refractivity contribution in [1.82, 2.24) is 5.32 Å². The van der Waals surface area contributed by atoms with Gasteiger partial charge < -0.3 is 14.5 Å². The van der Waals surface area contributed by atoms with Gasteiger partial charge in [-0.1, -0.05) is 6.92 Å². The van der Waals surface area contributed by atoms with Gasteiger partial charge in [0.15, 0.2) is 0 Å². The molecule has 1 aromatic rings. The fourth-order valence-electron chi connectivity index (χ4n) is 1.61. The first-order valence-corrected chi connectivity index (χ1v) is 6.14. The number of hydrogen-bond acceptors (Lipinski definition) is 4. The van der Waals surface area contributed by atoms with E-state index < -0.39 is 0 Å². The summed E-state index contributed by atoms with van der Waals surface area (Å²) in [5.41, 5.74) is 0.771. The van der Waals surface area contributed by atoms with Crippen LogP contribution in [-0.4, -0.2) is 18.5 Å². The standard InChI is InChI=1S/C13H19NO4/c1-3-5-12(15)14-11(8-13(16)18-4-2)10-6-7-17-9-10/h6-7,9,11H,3-5,8H2,1-2H3,(H,14,15)/t11-/m0/s1. The quantitative estimate of drug-likeness (QED) is 0.756. The van der Waals surface area contributed by atoms with E-state index in [0.717, 1.165) is 12.0 Å². The van der Waals surface area contributed by atoms with Crippen LogP contribution in [0.2, 0.25) is 0 Å². The third-order valence-electron chi connectivity index (χ3n) is 2.43. The third-order valence-corrected chi connectivity index (χ3v) is 2.43. The second-order valence-corrected chi connectivity index (χ2v) is 3.94. The number of nitrogens with one attached hydrogen (secondary N) is 1. The molecule has 0 spiro atoms. The zero-order valence-corrected chi connectivity index (χ0v) is 10.8. The van der Waals surface area contributed by atoms with Gasteiger partial charge in [0.05, 0.1) is 31.6 Å². The lowest BCUT2D eigenvalue weighted by molar-refractivity contribution is -0.143. The van der Waals surface area contributed by atoms with Crippen molar-refractivity contribution in [2.24, 2.45) is 0 Å². The number of carbonyl (C=O) groups excluding carboxylic acids is 2. The minimum absolute atomic E-state index is 0.0759. The molecule has 1 amide bonds. The van der Waals surface area contributed by atoms with E-state index in [2.05, 4.69) is 5.32 Å². The van der Waals surface area contributed by atoms with Gasteiger partial charge in [-0.15, -0.1) is 0 Å². The minimum atomic E-state index is -0.387. The topological polar surface area (TPSA) is 68.5 Å². The summed E-state index contributed by atoms with van der Waals surface area (Å²) in [6, 6.07) is 1.35. The van der Waals surface area contributed by atoms with Crippen molar-refractivity contribution < 1.29 is 18.7 Å². The van der Waals surface area contributed by atoms with Crippen molar-refractivity contribution in [3.63, 3.8) is 0 Å². The fourth-order valence-corrected chi connectivity index (χ4v) is 1.61. The molecule has 1 heterocycles. The summed E-state index contributed by atoms with van der Waals surface area (Å²) in [7, 11) is 0. The third kappa shape index (κ3) is 4.61. The zero-order valence-electron chi connectivity index (χ0n) is 10.8. The van der Waals surface area contributed by atoms with Crippen LogP contribution in [0, 0.1) is 0 Å². The summed E-state index contributed by atoms with van der Waals surface area (Å²) in [5, 5.41) is 2.81. The van der Waals surface area contributed by atoms with E-state index >= 15 is 0 Å². The number of ether oxygens (including phenoxy) is 1. The van der Waals surface area contributed by atoms with E-state index in [1.54, 1.807) is 13.0 Å². The number of hydrogen-bond donors (Lipinski definition) is 1. The SMILES string of the molecule is CCCC(=O)N[C@@H](CC(=O)OCC)c1ccoc1. The lowest BCUT2D eigenvalue weighted by atomic mass is 10.1. The molecule has 5 nitrogen and oxygen atoms in total. The molecule has 1 rings (SSSR count). The Morgan fingerprint density at radius 2 is 2.22 bits per heavy atom. The van der Waals surface area contributed by atoms with Crippen molar-refractivity contribution >= 4 is 11.9 Å². The molecule has 0 aliphatic carbocycles. The summed E-state index contributed by atoms with van der Waals surface area (Å²) in [5.74, 6) is -0.409. The van der Waals surface area contributed by atoms with Gasteiger partial charge in [0.25, 0.3) is 0 Å². The first-order chi connectivity index (χ1) is 8.67. The summed E-state index contributed by atoms with van der Waals surface area (Å²) in [6.45, 7) is 4.01. The molecule has 0 bridgehead atoms. The van der Waals surface area contributed by atoms with Crippen LogP contribution in [0.5, 0.6) is 0 Å². The molecule has 0 aromatic carbocycles. The maximum Gasteiger partial charge on any atom is 0.308 e. The van der Waals surface area contributed by atoms with Crippen LogP contribution in [0.25, 0.3) is 0 Å². The van der Waals surface area contributed by atoms with E-state index in [0.29, 0.717) is 13.0 Å². The van der Waals surface area contributed by atoms with Crippen LogP contribution in [0.3, 0.4) is 0 Å². The van der Waals surface area contributed by atoms with Crippen LogP contribution in [0.4, 0.5) is 0 Å². The molecule has 0 unspecified atom stereocenters. The number of furan rings is 1. The average Bonchev–Trinajstić information content (AvgIpc) is 2.82. The van der Waals surface area contributed by atoms with Gasteiger partial charge in [-0.05, 0) is 19.4 Å². The van der Waals surface area contributed by atoms with Crippen LogP contribution in [0.15, 0.2) is 23.0 Å². The molecular formula is C13H19NO4. The Balaban J connectivity index is 2.64. The molecule has 0 fully saturated rings. The summed E-state index contributed by atoms with van der Waals surface area (Å²) < 4.78 is 9.87. The largest absolute Gasteiger partial charge is 0.472 e. The molecule has 1 aromatic heterocycles. The molecule has 1 N–H and O–H groups in total. The Hall–Kier alpha value is -1.78. The van der Waals surface area contributed by atoms with Crippen LogP contribution in [0.1, 0.15) is 44.7 Å². The molecule has 0 aliphatic heterocycles. The highest BCUT2D eigenvalue weighted by Crippen LogP contribution is 2.18. The van der Waals surface area contributed by atoms with Gasteiger partial charge in [0.2, 0.25) is 5.91 Å². The monoisotopic (exact) mass is 253 g/mol. The molecule has 0 saturated heterocycles. The molecule has 0 aliphatic rings. The lowest BCUT2D eigenvalue weighted by Crippen LogP contribution is -2.30. The number of esters is 1. The Morgan fingerprint density at radius 3 is 2.78 bits per heavy atom. The second kappa shape index (κ2) is 7.53. The lowest BCUT2D eigenvalue weighted by Gasteiger charge is -2.16. The highest BCUT2D eigenvalue weighted by Gasteiger charge is 2.19. The number of amides is 1.